The fourth-order valence-corrected chi connectivity index (χ4v) is 4.27. The Morgan fingerprint density at radius 3 is 2.27 bits per heavy atom. The summed E-state index contributed by atoms with van der Waals surface area (Å²) in [5, 5.41) is 9.61. The van der Waals surface area contributed by atoms with E-state index >= 15 is 0 Å². The number of halogens is 6. The molecule has 33 heavy (non-hydrogen) atoms. The van der Waals surface area contributed by atoms with Crippen LogP contribution in [0.25, 0.3) is 0 Å². The van der Waals surface area contributed by atoms with E-state index in [1.165, 1.54) is 7.11 Å². The Hall–Kier alpha value is -2.26. The number of methoxy groups -OCH3 is 1. The first-order valence-corrected chi connectivity index (χ1v) is 10.6. The highest BCUT2D eigenvalue weighted by Gasteiger charge is 2.37. The Morgan fingerprint density at radius 1 is 1.06 bits per heavy atom. The van der Waals surface area contributed by atoms with Gasteiger partial charge in [-0.3, -0.25) is 4.90 Å². The first-order chi connectivity index (χ1) is 15.5. The summed E-state index contributed by atoms with van der Waals surface area (Å²) in [6.45, 7) is 1.26. The monoisotopic (exact) mass is 474 g/mol. The number of hydrogen-bond donors (Lipinski definition) is 1. The number of piperidine rings is 1. The average Bonchev–Trinajstić information content (AvgIpc) is 2.78. The topological polar surface area (TPSA) is 32.7 Å². The lowest BCUT2D eigenvalue weighted by molar-refractivity contribution is -0.143. The van der Waals surface area contributed by atoms with Crippen molar-refractivity contribution in [2.75, 3.05) is 26.8 Å². The molecule has 1 heterocycles. The van der Waals surface area contributed by atoms with Gasteiger partial charge in [0, 0.05) is 24.8 Å². The van der Waals surface area contributed by atoms with Crippen LogP contribution in [0.4, 0.5) is 26.3 Å². The zero-order valence-electron chi connectivity index (χ0n) is 18.1. The summed E-state index contributed by atoms with van der Waals surface area (Å²) in [5.74, 6) is 0.625. The van der Waals surface area contributed by atoms with Gasteiger partial charge in [-0.1, -0.05) is 18.2 Å². The summed E-state index contributed by atoms with van der Waals surface area (Å²) >= 11 is 0. The van der Waals surface area contributed by atoms with Gasteiger partial charge in [0.15, 0.2) is 0 Å². The van der Waals surface area contributed by atoms with Crippen LogP contribution < -0.4 is 4.74 Å². The number of aliphatic hydroxyl groups is 1. The van der Waals surface area contributed by atoms with Crippen LogP contribution in [0.5, 0.6) is 5.75 Å². The van der Waals surface area contributed by atoms with Gasteiger partial charge < -0.3 is 9.84 Å². The van der Waals surface area contributed by atoms with Crippen molar-refractivity contribution < 1.29 is 36.2 Å². The van der Waals surface area contributed by atoms with E-state index in [-0.39, 0.29) is 30.6 Å². The van der Waals surface area contributed by atoms with E-state index in [0.717, 1.165) is 30.5 Å². The highest BCUT2D eigenvalue weighted by molar-refractivity contribution is 5.39. The highest BCUT2D eigenvalue weighted by Crippen LogP contribution is 2.38. The van der Waals surface area contributed by atoms with Gasteiger partial charge in [0.1, 0.15) is 5.75 Å². The molecule has 181 valence electrons. The Bertz CT molecular complexity index is 896. The highest BCUT2D eigenvalue weighted by atomic mass is 19.4. The molecule has 0 aromatic heterocycles. The van der Waals surface area contributed by atoms with Crippen molar-refractivity contribution in [1.82, 2.24) is 4.90 Å². The maximum Gasteiger partial charge on any atom is 0.416 e. The summed E-state index contributed by atoms with van der Waals surface area (Å²) in [4.78, 5) is 2.08. The lowest BCUT2D eigenvalue weighted by atomic mass is 9.91. The molecular formula is C24H26F6NO2. The Kier molecular flexibility index (Phi) is 7.95. The van der Waals surface area contributed by atoms with Crippen LogP contribution in [-0.2, 0) is 18.8 Å². The molecule has 3 nitrogen and oxygen atoms in total. The van der Waals surface area contributed by atoms with Crippen LogP contribution in [0.3, 0.4) is 0 Å². The summed E-state index contributed by atoms with van der Waals surface area (Å²) in [6, 6.07) is 8.44. The first kappa shape index (κ1) is 25.4. The van der Waals surface area contributed by atoms with Gasteiger partial charge in [-0.2, -0.15) is 26.3 Å². The molecule has 2 aromatic rings. The number of aliphatic hydroxyl groups excluding tert-OH is 1. The fraction of sp³-hybridized carbons (Fsp3) is 0.458. The number of ether oxygens (including phenoxy) is 1. The molecule has 2 aromatic carbocycles. The SMILES string of the molecule is COc1ccccc1C([CH]Cc1cc(C(F)(F)F)cc(C(F)(F)F)c1)N1CCCC(CO)C1. The lowest BCUT2D eigenvalue weighted by Crippen LogP contribution is -2.40. The van der Waals surface area contributed by atoms with Gasteiger partial charge in [-0.05, 0) is 68.0 Å². The number of likely N-dealkylation sites (tertiary alicyclic amines) is 1. The van der Waals surface area contributed by atoms with Gasteiger partial charge in [0.25, 0.3) is 0 Å². The molecule has 2 unspecified atom stereocenters. The van der Waals surface area contributed by atoms with E-state index < -0.39 is 29.5 Å². The van der Waals surface area contributed by atoms with Crippen LogP contribution in [0.2, 0.25) is 0 Å². The number of rotatable bonds is 7. The zero-order valence-corrected chi connectivity index (χ0v) is 18.1. The van der Waals surface area contributed by atoms with Crippen LogP contribution in [0.15, 0.2) is 42.5 Å². The Labute approximate surface area is 189 Å². The largest absolute Gasteiger partial charge is 0.496 e. The van der Waals surface area contributed by atoms with Gasteiger partial charge in [-0.25, -0.2) is 0 Å². The summed E-state index contributed by atoms with van der Waals surface area (Å²) in [5.41, 5.74) is -1.96. The lowest BCUT2D eigenvalue weighted by Gasteiger charge is -2.38. The van der Waals surface area contributed by atoms with Gasteiger partial charge in [-0.15, -0.1) is 0 Å². The number of alkyl halides is 6. The van der Waals surface area contributed by atoms with Crippen LogP contribution in [0, 0.1) is 12.3 Å². The molecule has 0 aliphatic carbocycles. The second kappa shape index (κ2) is 10.3. The minimum Gasteiger partial charge on any atom is -0.496 e. The van der Waals surface area contributed by atoms with Crippen molar-refractivity contribution in [3.8, 4) is 5.75 Å². The molecule has 1 fully saturated rings. The molecule has 3 rings (SSSR count). The molecule has 2 atom stereocenters. The third-order valence-corrected chi connectivity index (χ3v) is 5.88. The van der Waals surface area contributed by atoms with Crippen LogP contribution >= 0.6 is 0 Å². The van der Waals surface area contributed by atoms with E-state index in [2.05, 4.69) is 4.90 Å². The molecular weight excluding hydrogens is 448 g/mol. The predicted octanol–water partition coefficient (Wildman–Crippen LogP) is 5.93. The molecule has 0 spiro atoms. The standard InChI is InChI=1S/C24H26F6NO2/c1-33-22-7-3-2-6-20(22)21(31-10-4-5-17(14-31)15-32)9-8-16-11-18(23(25,26)27)13-19(12-16)24(28,29)30/h2-3,6-7,9,11-13,17,21,32H,4-5,8,10,14-15H2,1H3. The van der Waals surface area contributed by atoms with Gasteiger partial charge in [0.2, 0.25) is 0 Å². The summed E-state index contributed by atoms with van der Waals surface area (Å²) in [6.07, 6.45) is -6.48. The molecule has 1 aliphatic heterocycles. The summed E-state index contributed by atoms with van der Waals surface area (Å²) in [7, 11) is 1.50. The van der Waals surface area contributed by atoms with E-state index in [9.17, 15) is 31.4 Å². The van der Waals surface area contributed by atoms with Gasteiger partial charge >= 0.3 is 12.4 Å². The number of benzene rings is 2. The average molecular weight is 474 g/mol. The third-order valence-electron chi connectivity index (χ3n) is 5.88. The molecule has 0 bridgehead atoms. The van der Waals surface area contributed by atoms with Crippen LogP contribution in [-0.4, -0.2) is 36.8 Å². The Balaban J connectivity index is 1.94. The smallest absolute Gasteiger partial charge is 0.416 e. The molecule has 1 saturated heterocycles. The second-order valence-electron chi connectivity index (χ2n) is 8.23. The van der Waals surface area contributed by atoms with Crippen LogP contribution in [0.1, 0.15) is 41.1 Å². The fourth-order valence-electron chi connectivity index (χ4n) is 4.27. The van der Waals surface area contributed by atoms with Crippen molar-refractivity contribution in [3.63, 3.8) is 0 Å². The predicted molar refractivity (Wildman–Crippen MR) is 112 cm³/mol. The number of hydrogen-bond acceptors (Lipinski definition) is 3. The van der Waals surface area contributed by atoms with E-state index in [4.69, 9.17) is 4.74 Å². The molecule has 1 aliphatic rings. The van der Waals surface area contributed by atoms with E-state index in [1.807, 2.05) is 6.07 Å². The van der Waals surface area contributed by atoms with Crippen molar-refractivity contribution in [3.05, 3.63) is 71.1 Å². The summed E-state index contributed by atoms with van der Waals surface area (Å²) < 4.78 is 84.9. The third kappa shape index (κ3) is 6.41. The van der Waals surface area contributed by atoms with Crippen molar-refractivity contribution in [2.45, 2.75) is 37.7 Å². The number of nitrogens with zero attached hydrogens (tertiary/aromatic N) is 1. The first-order valence-electron chi connectivity index (χ1n) is 10.6. The van der Waals surface area contributed by atoms with Gasteiger partial charge in [0.05, 0.1) is 18.2 Å². The quantitative estimate of drug-likeness (QED) is 0.506. The minimum atomic E-state index is -4.89. The maximum absolute atomic E-state index is 13.2. The number of para-hydroxylation sites is 1. The molecule has 9 heteroatoms. The molecule has 0 amide bonds. The molecule has 1 radical (unpaired) electrons. The molecule has 1 N–H and O–H groups in total. The zero-order chi connectivity index (χ0) is 24.2. The second-order valence-corrected chi connectivity index (χ2v) is 8.23. The van der Waals surface area contributed by atoms with E-state index in [1.54, 1.807) is 24.6 Å². The van der Waals surface area contributed by atoms with Crippen molar-refractivity contribution in [1.29, 1.82) is 0 Å². The Morgan fingerprint density at radius 2 is 1.70 bits per heavy atom. The maximum atomic E-state index is 13.2. The minimum absolute atomic E-state index is 0.0116. The normalized spacial score (nSPS) is 18.8. The van der Waals surface area contributed by atoms with Crippen molar-refractivity contribution in [2.24, 2.45) is 5.92 Å². The van der Waals surface area contributed by atoms with Crippen molar-refractivity contribution >= 4 is 0 Å². The van der Waals surface area contributed by atoms with E-state index in [0.29, 0.717) is 18.8 Å². The molecule has 0 saturated carbocycles.